The first-order valence-electron chi connectivity index (χ1n) is 9.53. The van der Waals surface area contributed by atoms with Crippen LogP contribution in [0.3, 0.4) is 0 Å². The Morgan fingerprint density at radius 2 is 1.87 bits per heavy atom. The molecule has 0 spiro atoms. The number of benzene rings is 2. The molecule has 0 aromatic heterocycles. The second-order valence-corrected chi connectivity index (χ2v) is 8.83. The molecule has 1 aliphatic rings. The molecule has 0 saturated carbocycles. The molecule has 2 atom stereocenters. The summed E-state index contributed by atoms with van der Waals surface area (Å²) in [6, 6.07) is 15.8. The van der Waals surface area contributed by atoms with Crippen LogP contribution in [0.2, 0.25) is 5.02 Å². The highest BCUT2D eigenvalue weighted by Gasteiger charge is 2.44. The summed E-state index contributed by atoms with van der Waals surface area (Å²) in [5.74, 6) is 0. The highest BCUT2D eigenvalue weighted by molar-refractivity contribution is 8.00. The van der Waals surface area contributed by atoms with Gasteiger partial charge in [-0.15, -0.1) is 24.2 Å². The Labute approximate surface area is 194 Å². The van der Waals surface area contributed by atoms with Gasteiger partial charge in [0.15, 0.2) is 0 Å². The van der Waals surface area contributed by atoms with Crippen molar-refractivity contribution in [1.82, 2.24) is 4.90 Å². The van der Waals surface area contributed by atoms with Crippen LogP contribution in [-0.2, 0) is 4.74 Å². The fraction of sp³-hybridized carbons (Fsp3) is 0.381. The normalized spacial score (nSPS) is 18.0. The van der Waals surface area contributed by atoms with Crippen molar-refractivity contribution in [2.24, 2.45) is 0 Å². The van der Waals surface area contributed by atoms with Gasteiger partial charge in [0.1, 0.15) is 0 Å². The molecule has 1 amide bonds. The van der Waals surface area contributed by atoms with Crippen molar-refractivity contribution >= 4 is 47.6 Å². The summed E-state index contributed by atoms with van der Waals surface area (Å²) in [6.07, 6.45) is -6.27. The maximum Gasteiger partial charge on any atom is 0.426 e. The molecule has 31 heavy (non-hydrogen) atoms. The molecule has 1 fully saturated rings. The van der Waals surface area contributed by atoms with Gasteiger partial charge in [-0.3, -0.25) is 10.2 Å². The summed E-state index contributed by atoms with van der Waals surface area (Å²) in [4.78, 5) is 14.8. The Balaban J connectivity index is 0.00000341. The van der Waals surface area contributed by atoms with Crippen molar-refractivity contribution in [2.45, 2.75) is 35.3 Å². The van der Waals surface area contributed by atoms with Crippen LogP contribution < -0.4 is 5.32 Å². The Morgan fingerprint density at radius 3 is 2.52 bits per heavy atom. The number of thioether (sulfide) groups is 1. The Kier molecular flexibility index (Phi) is 9.81. The summed E-state index contributed by atoms with van der Waals surface area (Å²) in [5.41, 5.74) is 0.308. The van der Waals surface area contributed by atoms with Gasteiger partial charge in [-0.25, -0.2) is 4.79 Å². The SMILES string of the molecule is Cl.O=C(Nc1ccc(Cl)cc1)OC(CN1CCC[C@H](Sc2ccccc2)C1)C(F)(F)F. The van der Waals surface area contributed by atoms with Crippen LogP contribution in [0.5, 0.6) is 0 Å². The molecule has 2 aromatic carbocycles. The van der Waals surface area contributed by atoms with Crippen LogP contribution in [0.4, 0.5) is 23.7 Å². The lowest BCUT2D eigenvalue weighted by Crippen LogP contribution is -2.48. The lowest BCUT2D eigenvalue weighted by molar-refractivity contribution is -0.207. The fourth-order valence-electron chi connectivity index (χ4n) is 3.22. The Hall–Kier alpha value is -1.61. The molecule has 2 aromatic rings. The van der Waals surface area contributed by atoms with Crippen molar-refractivity contribution in [2.75, 3.05) is 25.0 Å². The number of halogens is 5. The van der Waals surface area contributed by atoms with Crippen molar-refractivity contribution in [3.63, 3.8) is 0 Å². The van der Waals surface area contributed by atoms with Crippen LogP contribution in [0, 0.1) is 0 Å². The first-order chi connectivity index (χ1) is 14.3. The van der Waals surface area contributed by atoms with Gasteiger partial charge in [0, 0.05) is 33.9 Å². The molecule has 1 heterocycles. The average molecular weight is 495 g/mol. The maximum atomic E-state index is 13.5. The van der Waals surface area contributed by atoms with E-state index < -0.39 is 18.4 Å². The Bertz CT molecular complexity index is 826. The average Bonchev–Trinajstić information content (AvgIpc) is 2.70. The largest absolute Gasteiger partial charge is 0.435 e. The van der Waals surface area contributed by atoms with E-state index in [4.69, 9.17) is 16.3 Å². The van der Waals surface area contributed by atoms with E-state index in [0.29, 0.717) is 23.8 Å². The Morgan fingerprint density at radius 1 is 1.19 bits per heavy atom. The predicted molar refractivity (Wildman–Crippen MR) is 120 cm³/mol. The third-order valence-electron chi connectivity index (χ3n) is 4.64. The van der Waals surface area contributed by atoms with Crippen molar-refractivity contribution in [3.05, 3.63) is 59.6 Å². The van der Waals surface area contributed by atoms with Crippen LogP contribution in [0.25, 0.3) is 0 Å². The third kappa shape index (κ3) is 8.44. The minimum absolute atomic E-state index is 0. The molecule has 3 rings (SSSR count). The van der Waals surface area contributed by atoms with Crippen LogP contribution in [-0.4, -0.2) is 48.2 Å². The second-order valence-electron chi connectivity index (χ2n) is 7.02. The smallest absolute Gasteiger partial charge is 0.426 e. The monoisotopic (exact) mass is 494 g/mol. The molecule has 0 radical (unpaired) electrons. The molecule has 10 heteroatoms. The number of rotatable bonds is 6. The molecule has 0 aliphatic carbocycles. The summed E-state index contributed by atoms with van der Waals surface area (Å²) in [7, 11) is 0. The van der Waals surface area contributed by atoms with E-state index in [2.05, 4.69) is 5.32 Å². The number of alkyl halides is 3. The molecule has 1 saturated heterocycles. The van der Waals surface area contributed by atoms with Gasteiger partial charge in [-0.2, -0.15) is 13.2 Å². The number of nitrogens with one attached hydrogen (secondary N) is 1. The van der Waals surface area contributed by atoms with E-state index in [0.717, 1.165) is 17.7 Å². The summed E-state index contributed by atoms with van der Waals surface area (Å²) < 4.78 is 45.3. The number of carbonyl (C=O) groups excluding carboxylic acids is 1. The lowest BCUT2D eigenvalue weighted by Gasteiger charge is -2.34. The highest BCUT2D eigenvalue weighted by atomic mass is 35.5. The number of anilines is 1. The van der Waals surface area contributed by atoms with Crippen LogP contribution >= 0.6 is 35.8 Å². The first-order valence-corrected chi connectivity index (χ1v) is 10.8. The van der Waals surface area contributed by atoms with Crippen molar-refractivity contribution in [1.29, 1.82) is 0 Å². The van der Waals surface area contributed by atoms with E-state index in [-0.39, 0.29) is 24.2 Å². The second kappa shape index (κ2) is 11.9. The van der Waals surface area contributed by atoms with Crippen LogP contribution in [0.15, 0.2) is 59.5 Å². The van der Waals surface area contributed by atoms with E-state index >= 15 is 0 Å². The number of nitrogens with zero attached hydrogens (tertiary/aromatic N) is 1. The zero-order valence-corrected chi connectivity index (χ0v) is 18.9. The van der Waals surface area contributed by atoms with E-state index in [1.54, 1.807) is 16.7 Å². The third-order valence-corrected chi connectivity index (χ3v) is 6.15. The molecule has 1 unspecified atom stereocenters. The first kappa shape index (κ1) is 25.6. The number of hydrogen-bond donors (Lipinski definition) is 1. The number of likely N-dealkylation sites (tertiary alicyclic amines) is 1. The number of carbonyl (C=O) groups is 1. The molecule has 0 bridgehead atoms. The van der Waals surface area contributed by atoms with E-state index in [1.807, 2.05) is 30.3 Å². The standard InChI is InChI=1S/C21H22ClF3N2O2S.ClH/c22-15-8-10-16(11-9-15)26-20(28)29-19(21(23,24)25)14-27-12-4-7-18(13-27)30-17-5-2-1-3-6-17;/h1-3,5-6,8-11,18-19H,4,7,12-14H2,(H,26,28);1H/t18-,19?;/m0./s1. The number of ether oxygens (including phenoxy) is 1. The molecule has 1 N–H and O–H groups in total. The van der Waals surface area contributed by atoms with Gasteiger partial charge in [0.25, 0.3) is 0 Å². The summed E-state index contributed by atoms with van der Waals surface area (Å²) in [6.45, 7) is 0.665. The van der Waals surface area contributed by atoms with Crippen molar-refractivity contribution in [3.8, 4) is 0 Å². The quantitative estimate of drug-likeness (QED) is 0.497. The zero-order valence-electron chi connectivity index (χ0n) is 16.5. The van der Waals surface area contributed by atoms with Crippen LogP contribution in [0.1, 0.15) is 12.8 Å². The topological polar surface area (TPSA) is 41.6 Å². The maximum absolute atomic E-state index is 13.5. The van der Waals surface area contributed by atoms with E-state index in [1.165, 1.54) is 24.3 Å². The molecular weight excluding hydrogens is 472 g/mol. The summed E-state index contributed by atoms with van der Waals surface area (Å²) in [5, 5.41) is 2.95. The fourth-order valence-corrected chi connectivity index (χ4v) is 4.61. The number of amides is 1. The predicted octanol–water partition coefficient (Wildman–Crippen LogP) is 6.50. The van der Waals surface area contributed by atoms with Gasteiger partial charge in [-0.1, -0.05) is 29.8 Å². The number of piperidine rings is 1. The van der Waals surface area contributed by atoms with Gasteiger partial charge in [0.2, 0.25) is 6.10 Å². The molecule has 4 nitrogen and oxygen atoms in total. The highest BCUT2D eigenvalue weighted by Crippen LogP contribution is 2.31. The summed E-state index contributed by atoms with van der Waals surface area (Å²) >= 11 is 7.43. The number of hydrogen-bond acceptors (Lipinski definition) is 4. The molecule has 170 valence electrons. The molecule has 1 aliphatic heterocycles. The van der Waals surface area contributed by atoms with Crippen molar-refractivity contribution < 1.29 is 22.7 Å². The zero-order chi connectivity index (χ0) is 21.6. The minimum Gasteiger partial charge on any atom is -0.435 e. The minimum atomic E-state index is -4.66. The van der Waals surface area contributed by atoms with Gasteiger partial charge in [-0.05, 0) is 55.8 Å². The lowest BCUT2D eigenvalue weighted by atomic mass is 10.1. The molecular formula is C21H23Cl2F3N2O2S. The van der Waals surface area contributed by atoms with Gasteiger partial charge in [0.05, 0.1) is 0 Å². The van der Waals surface area contributed by atoms with Gasteiger partial charge < -0.3 is 4.74 Å². The van der Waals surface area contributed by atoms with E-state index in [9.17, 15) is 18.0 Å². The van der Waals surface area contributed by atoms with Gasteiger partial charge >= 0.3 is 12.3 Å².